The molecule has 0 bridgehead atoms. The predicted octanol–water partition coefficient (Wildman–Crippen LogP) is 3.32. The molecule has 0 aliphatic carbocycles. The van der Waals surface area contributed by atoms with Crippen molar-refractivity contribution in [2.24, 2.45) is 0 Å². The number of nitrogens with zero attached hydrogens (tertiary/aromatic N) is 4. The van der Waals surface area contributed by atoms with E-state index >= 15 is 0 Å². The summed E-state index contributed by atoms with van der Waals surface area (Å²) in [5.41, 5.74) is 1.97. The van der Waals surface area contributed by atoms with Gasteiger partial charge < -0.3 is 14.4 Å². The van der Waals surface area contributed by atoms with E-state index in [2.05, 4.69) is 4.98 Å². The molecule has 1 aliphatic rings. The van der Waals surface area contributed by atoms with Gasteiger partial charge in [-0.3, -0.25) is 9.59 Å². The third-order valence-corrected chi connectivity index (χ3v) is 5.45. The normalized spacial score (nSPS) is 14.1. The van der Waals surface area contributed by atoms with Crippen molar-refractivity contribution in [2.75, 3.05) is 26.2 Å². The van der Waals surface area contributed by atoms with Crippen LogP contribution in [0.3, 0.4) is 0 Å². The molecule has 154 valence electrons. The quantitative estimate of drug-likeness (QED) is 0.643. The first-order valence-electron chi connectivity index (χ1n) is 9.59. The molecule has 3 aromatic rings. The van der Waals surface area contributed by atoms with E-state index in [4.69, 9.17) is 11.6 Å². The number of halogens is 2. The Morgan fingerprint density at radius 3 is 2.23 bits per heavy atom. The fourth-order valence-electron chi connectivity index (χ4n) is 3.47. The molecular formula is C22H20ClFN4O2. The maximum atomic E-state index is 13.2. The van der Waals surface area contributed by atoms with Crippen molar-refractivity contribution in [3.8, 4) is 0 Å². The van der Waals surface area contributed by atoms with Crippen molar-refractivity contribution >= 4 is 23.4 Å². The van der Waals surface area contributed by atoms with Crippen LogP contribution >= 0.6 is 11.6 Å². The number of rotatable bonds is 4. The van der Waals surface area contributed by atoms with Gasteiger partial charge in [-0.25, -0.2) is 9.37 Å². The van der Waals surface area contributed by atoms with Gasteiger partial charge in [0.2, 0.25) is 0 Å². The highest BCUT2D eigenvalue weighted by atomic mass is 35.5. The highest BCUT2D eigenvalue weighted by Crippen LogP contribution is 2.20. The van der Waals surface area contributed by atoms with Crippen LogP contribution in [-0.4, -0.2) is 57.3 Å². The van der Waals surface area contributed by atoms with Gasteiger partial charge in [0.15, 0.2) is 0 Å². The molecule has 6 nitrogen and oxygen atoms in total. The Bertz CT molecular complexity index is 1050. The molecule has 0 unspecified atom stereocenters. The third-order valence-electron chi connectivity index (χ3n) is 5.14. The molecule has 0 spiro atoms. The minimum atomic E-state index is -0.483. The van der Waals surface area contributed by atoms with Crippen LogP contribution in [0.5, 0.6) is 0 Å². The second-order valence-electron chi connectivity index (χ2n) is 7.14. The molecule has 0 N–H and O–H groups in total. The topological polar surface area (TPSA) is 58.4 Å². The van der Waals surface area contributed by atoms with Gasteiger partial charge in [0.25, 0.3) is 11.8 Å². The number of carbonyl (C=O) groups excluding carboxylic acids is 2. The lowest BCUT2D eigenvalue weighted by molar-refractivity contribution is 0.0535. The van der Waals surface area contributed by atoms with Crippen LogP contribution in [0.1, 0.15) is 26.3 Å². The molecule has 4 rings (SSSR count). The summed E-state index contributed by atoms with van der Waals surface area (Å²) in [6.45, 7) is 2.36. The first-order chi connectivity index (χ1) is 14.5. The molecule has 1 aliphatic heterocycles. The monoisotopic (exact) mass is 426 g/mol. The van der Waals surface area contributed by atoms with Gasteiger partial charge in [-0.2, -0.15) is 0 Å². The Hall–Kier alpha value is -3.19. The van der Waals surface area contributed by atoms with E-state index in [0.717, 1.165) is 11.6 Å². The number of carbonyl (C=O) groups is 2. The van der Waals surface area contributed by atoms with Crippen LogP contribution in [0.4, 0.5) is 4.39 Å². The summed E-state index contributed by atoms with van der Waals surface area (Å²) in [5.74, 6) is -0.796. The van der Waals surface area contributed by atoms with Gasteiger partial charge in [-0.05, 0) is 35.9 Å². The zero-order chi connectivity index (χ0) is 21.1. The lowest BCUT2D eigenvalue weighted by Gasteiger charge is -2.35. The molecule has 30 heavy (non-hydrogen) atoms. The maximum Gasteiger partial charge on any atom is 0.255 e. The lowest BCUT2D eigenvalue weighted by Crippen LogP contribution is -2.50. The standard InChI is InChI=1S/C22H20ClFN4O2/c23-20-13-18(24)5-6-19(20)22(30)28-11-9-27(10-12-28)21(29)17-3-1-16(2-4-17)14-26-8-7-25-15-26/h1-8,13,15H,9-12,14H2. The number of aromatic nitrogens is 2. The van der Waals surface area contributed by atoms with E-state index in [1.54, 1.807) is 22.3 Å². The van der Waals surface area contributed by atoms with Crippen molar-refractivity contribution in [1.82, 2.24) is 19.4 Å². The van der Waals surface area contributed by atoms with Gasteiger partial charge in [0.1, 0.15) is 5.82 Å². The summed E-state index contributed by atoms with van der Waals surface area (Å²) in [6.07, 6.45) is 5.37. The average Bonchev–Trinajstić information content (AvgIpc) is 3.26. The van der Waals surface area contributed by atoms with Gasteiger partial charge in [-0.15, -0.1) is 0 Å². The molecule has 1 saturated heterocycles. The fourth-order valence-corrected chi connectivity index (χ4v) is 3.72. The molecule has 2 heterocycles. The van der Waals surface area contributed by atoms with Crippen molar-refractivity contribution in [1.29, 1.82) is 0 Å². The van der Waals surface area contributed by atoms with Crippen LogP contribution in [0.25, 0.3) is 0 Å². The summed E-state index contributed by atoms with van der Waals surface area (Å²) in [7, 11) is 0. The summed E-state index contributed by atoms with van der Waals surface area (Å²) in [6, 6.07) is 11.3. The molecule has 1 fully saturated rings. The van der Waals surface area contributed by atoms with Crippen LogP contribution in [0, 0.1) is 5.82 Å². The molecule has 8 heteroatoms. The number of hydrogen-bond acceptors (Lipinski definition) is 3. The van der Waals surface area contributed by atoms with Crippen molar-refractivity contribution in [2.45, 2.75) is 6.54 Å². The van der Waals surface area contributed by atoms with Crippen LogP contribution in [0.2, 0.25) is 5.02 Å². The van der Waals surface area contributed by atoms with Gasteiger partial charge in [-0.1, -0.05) is 23.7 Å². The van der Waals surface area contributed by atoms with Gasteiger partial charge in [0.05, 0.1) is 16.9 Å². The number of hydrogen-bond donors (Lipinski definition) is 0. The number of amides is 2. The number of benzene rings is 2. The Labute approximate surface area is 178 Å². The first-order valence-corrected chi connectivity index (χ1v) is 9.97. The summed E-state index contributed by atoms with van der Waals surface area (Å²) < 4.78 is 15.2. The highest BCUT2D eigenvalue weighted by molar-refractivity contribution is 6.33. The summed E-state index contributed by atoms with van der Waals surface area (Å²) in [4.78, 5) is 32.9. The van der Waals surface area contributed by atoms with E-state index in [9.17, 15) is 14.0 Å². The van der Waals surface area contributed by atoms with E-state index in [1.807, 2.05) is 35.0 Å². The lowest BCUT2D eigenvalue weighted by atomic mass is 10.1. The predicted molar refractivity (Wildman–Crippen MR) is 111 cm³/mol. The largest absolute Gasteiger partial charge is 0.335 e. The van der Waals surface area contributed by atoms with Crippen molar-refractivity contribution < 1.29 is 14.0 Å². The van der Waals surface area contributed by atoms with Crippen LogP contribution in [0.15, 0.2) is 61.2 Å². The smallest absolute Gasteiger partial charge is 0.255 e. The third kappa shape index (κ3) is 4.36. The molecule has 0 radical (unpaired) electrons. The van der Waals surface area contributed by atoms with Gasteiger partial charge >= 0.3 is 0 Å². The fraction of sp³-hybridized carbons (Fsp3) is 0.227. The molecule has 0 atom stereocenters. The molecular weight excluding hydrogens is 407 g/mol. The summed E-state index contributed by atoms with van der Waals surface area (Å²) in [5, 5.41) is 0.0919. The minimum absolute atomic E-state index is 0.0592. The Balaban J connectivity index is 1.35. The van der Waals surface area contributed by atoms with Crippen molar-refractivity contribution in [3.63, 3.8) is 0 Å². The molecule has 2 aromatic carbocycles. The molecule has 0 saturated carbocycles. The maximum absolute atomic E-state index is 13.2. The van der Waals surface area contributed by atoms with E-state index < -0.39 is 5.82 Å². The van der Waals surface area contributed by atoms with Crippen LogP contribution < -0.4 is 0 Å². The number of imidazole rings is 1. The van der Waals surface area contributed by atoms with E-state index in [0.29, 0.717) is 38.3 Å². The van der Waals surface area contributed by atoms with Crippen LogP contribution in [-0.2, 0) is 6.54 Å². The minimum Gasteiger partial charge on any atom is -0.335 e. The second-order valence-corrected chi connectivity index (χ2v) is 7.55. The van der Waals surface area contributed by atoms with E-state index in [1.165, 1.54) is 12.1 Å². The number of piperazine rings is 1. The van der Waals surface area contributed by atoms with Crippen molar-refractivity contribution in [3.05, 3.63) is 88.7 Å². The summed E-state index contributed by atoms with van der Waals surface area (Å²) >= 11 is 6.00. The zero-order valence-corrected chi connectivity index (χ0v) is 16.9. The Morgan fingerprint density at radius 1 is 0.967 bits per heavy atom. The molecule has 1 aromatic heterocycles. The SMILES string of the molecule is O=C(c1ccc(Cn2ccnc2)cc1)N1CCN(C(=O)c2ccc(F)cc2Cl)CC1. The molecule has 2 amide bonds. The zero-order valence-electron chi connectivity index (χ0n) is 16.2. The second kappa shape index (κ2) is 8.67. The Kier molecular flexibility index (Phi) is 5.81. The Morgan fingerprint density at radius 2 is 1.63 bits per heavy atom. The van der Waals surface area contributed by atoms with E-state index in [-0.39, 0.29) is 22.4 Å². The highest BCUT2D eigenvalue weighted by Gasteiger charge is 2.26. The first kappa shape index (κ1) is 20.1. The van der Waals surface area contributed by atoms with Gasteiger partial charge in [0, 0.05) is 50.7 Å². The average molecular weight is 427 g/mol.